The molecule has 2 bridgehead atoms. The topological polar surface area (TPSA) is 40.6 Å². The molecule has 3 aromatic rings. The SMILES string of the molecule is Fc1cc(NCC2CC3CCC(C2)N3Cc2ccc3ccccc3n2)ccc1N1CCOCC1. The molecule has 34 heavy (non-hydrogen) atoms. The lowest BCUT2D eigenvalue weighted by Gasteiger charge is -2.39. The van der Waals surface area contributed by atoms with Crippen LogP contribution in [0.15, 0.2) is 54.6 Å². The van der Waals surface area contributed by atoms with E-state index in [1.54, 1.807) is 6.07 Å². The van der Waals surface area contributed by atoms with Crippen molar-refractivity contribution in [2.45, 2.75) is 44.3 Å². The number of rotatable bonds is 6. The Bertz CT molecular complexity index is 1130. The molecule has 0 spiro atoms. The van der Waals surface area contributed by atoms with Gasteiger partial charge in [-0.1, -0.05) is 24.3 Å². The Morgan fingerprint density at radius 1 is 0.971 bits per heavy atom. The number of piperidine rings is 1. The summed E-state index contributed by atoms with van der Waals surface area (Å²) in [7, 11) is 0. The van der Waals surface area contributed by atoms with Crippen LogP contribution in [-0.4, -0.2) is 54.8 Å². The second kappa shape index (κ2) is 9.51. The maximum Gasteiger partial charge on any atom is 0.148 e. The zero-order valence-electron chi connectivity index (χ0n) is 19.6. The van der Waals surface area contributed by atoms with Gasteiger partial charge in [0.1, 0.15) is 5.82 Å². The summed E-state index contributed by atoms with van der Waals surface area (Å²) in [6, 6.07) is 19.6. The molecule has 2 unspecified atom stereocenters. The molecule has 2 atom stereocenters. The monoisotopic (exact) mass is 460 g/mol. The lowest BCUT2D eigenvalue weighted by Crippen LogP contribution is -2.43. The van der Waals surface area contributed by atoms with Gasteiger partial charge in [0.05, 0.1) is 30.1 Å². The first-order valence-corrected chi connectivity index (χ1v) is 12.7. The van der Waals surface area contributed by atoms with Crippen LogP contribution < -0.4 is 10.2 Å². The van der Waals surface area contributed by atoms with Crippen LogP contribution in [0, 0.1) is 11.7 Å². The van der Waals surface area contributed by atoms with E-state index in [2.05, 4.69) is 51.5 Å². The molecule has 5 nitrogen and oxygen atoms in total. The summed E-state index contributed by atoms with van der Waals surface area (Å²) in [4.78, 5) is 9.66. The van der Waals surface area contributed by atoms with E-state index in [4.69, 9.17) is 9.72 Å². The first kappa shape index (κ1) is 21.8. The van der Waals surface area contributed by atoms with E-state index in [9.17, 15) is 4.39 Å². The van der Waals surface area contributed by atoms with Crippen molar-refractivity contribution < 1.29 is 9.13 Å². The Kier molecular flexibility index (Phi) is 6.10. The van der Waals surface area contributed by atoms with Crippen molar-refractivity contribution >= 4 is 22.3 Å². The molecule has 0 saturated carbocycles. The van der Waals surface area contributed by atoms with Crippen LogP contribution in [0.25, 0.3) is 10.9 Å². The van der Waals surface area contributed by atoms with E-state index in [-0.39, 0.29) is 5.82 Å². The van der Waals surface area contributed by atoms with E-state index in [0.29, 0.717) is 36.9 Å². The number of hydrogen-bond donors (Lipinski definition) is 1. The Hall–Kier alpha value is -2.70. The van der Waals surface area contributed by atoms with Gasteiger partial charge in [-0.05, 0) is 61.9 Å². The molecule has 3 fully saturated rings. The number of anilines is 2. The maximum absolute atomic E-state index is 14.8. The third kappa shape index (κ3) is 4.49. The average molecular weight is 461 g/mol. The number of nitrogens with one attached hydrogen (secondary N) is 1. The molecule has 3 saturated heterocycles. The van der Waals surface area contributed by atoms with Gasteiger partial charge in [0, 0.05) is 49.3 Å². The molecule has 0 radical (unpaired) electrons. The molecular weight excluding hydrogens is 427 g/mol. The molecule has 6 rings (SSSR count). The molecule has 4 heterocycles. The third-order valence-electron chi connectivity index (χ3n) is 7.88. The first-order chi connectivity index (χ1) is 16.7. The second-order valence-electron chi connectivity index (χ2n) is 10.0. The summed E-state index contributed by atoms with van der Waals surface area (Å²) >= 11 is 0. The van der Waals surface area contributed by atoms with Crippen molar-refractivity contribution in [3.8, 4) is 0 Å². The number of hydrogen-bond acceptors (Lipinski definition) is 5. The van der Waals surface area contributed by atoms with Gasteiger partial charge >= 0.3 is 0 Å². The standard InChI is InChI=1S/C28H33FN4O/c29-26-17-22(7-10-28(26)32-11-13-34-14-12-32)30-18-20-15-24-8-9-25(16-20)33(24)19-23-6-5-21-3-1-2-4-27(21)31-23/h1-7,10,17,20,24-25,30H,8-9,11-16,18-19H2. The fourth-order valence-corrected chi connectivity index (χ4v) is 6.13. The highest BCUT2D eigenvalue weighted by Crippen LogP contribution is 2.39. The zero-order valence-corrected chi connectivity index (χ0v) is 19.6. The Morgan fingerprint density at radius 2 is 1.76 bits per heavy atom. The lowest BCUT2D eigenvalue weighted by atomic mass is 9.90. The average Bonchev–Trinajstić information content (AvgIpc) is 3.09. The molecule has 0 aliphatic carbocycles. The molecule has 6 heteroatoms. The van der Waals surface area contributed by atoms with E-state index >= 15 is 0 Å². The summed E-state index contributed by atoms with van der Waals surface area (Å²) in [5.74, 6) is 0.477. The van der Waals surface area contributed by atoms with Crippen molar-refractivity contribution in [3.05, 3.63) is 66.1 Å². The summed E-state index contributed by atoms with van der Waals surface area (Å²) in [5, 5.41) is 4.73. The Morgan fingerprint density at radius 3 is 2.56 bits per heavy atom. The van der Waals surface area contributed by atoms with Crippen LogP contribution in [0.1, 0.15) is 31.4 Å². The number of halogens is 1. The molecule has 2 aromatic carbocycles. The predicted octanol–water partition coefficient (Wildman–Crippen LogP) is 5.07. The minimum Gasteiger partial charge on any atom is -0.385 e. The Labute approximate surface area is 200 Å². The highest BCUT2D eigenvalue weighted by molar-refractivity contribution is 5.78. The fraction of sp³-hybridized carbons (Fsp3) is 0.464. The van der Waals surface area contributed by atoms with Crippen LogP contribution in [-0.2, 0) is 11.3 Å². The number of pyridine rings is 1. The number of ether oxygens (including phenoxy) is 1. The number of fused-ring (bicyclic) bond motifs is 3. The number of morpholine rings is 1. The van der Waals surface area contributed by atoms with E-state index in [1.807, 2.05) is 12.1 Å². The van der Waals surface area contributed by atoms with E-state index in [1.165, 1.54) is 36.8 Å². The van der Waals surface area contributed by atoms with Crippen LogP contribution in [0.5, 0.6) is 0 Å². The van der Waals surface area contributed by atoms with Crippen LogP contribution in [0.4, 0.5) is 15.8 Å². The van der Waals surface area contributed by atoms with Gasteiger partial charge in [-0.25, -0.2) is 4.39 Å². The molecule has 178 valence electrons. The molecule has 1 N–H and O–H groups in total. The molecule has 3 aliphatic rings. The molecule has 3 aliphatic heterocycles. The minimum absolute atomic E-state index is 0.148. The highest BCUT2D eigenvalue weighted by atomic mass is 19.1. The maximum atomic E-state index is 14.8. The van der Waals surface area contributed by atoms with E-state index in [0.717, 1.165) is 37.4 Å². The number of aromatic nitrogens is 1. The molecule has 1 aromatic heterocycles. The normalized spacial score (nSPS) is 25.1. The number of para-hydroxylation sites is 1. The molecule has 0 amide bonds. The van der Waals surface area contributed by atoms with Gasteiger partial charge in [-0.15, -0.1) is 0 Å². The lowest BCUT2D eigenvalue weighted by molar-refractivity contribution is 0.0990. The van der Waals surface area contributed by atoms with Crippen LogP contribution in [0.2, 0.25) is 0 Å². The van der Waals surface area contributed by atoms with E-state index < -0.39 is 0 Å². The van der Waals surface area contributed by atoms with Crippen molar-refractivity contribution in [1.29, 1.82) is 0 Å². The number of benzene rings is 2. The predicted molar refractivity (Wildman–Crippen MR) is 135 cm³/mol. The van der Waals surface area contributed by atoms with Gasteiger partial charge in [0.2, 0.25) is 0 Å². The van der Waals surface area contributed by atoms with Gasteiger partial charge in [-0.2, -0.15) is 0 Å². The largest absolute Gasteiger partial charge is 0.385 e. The zero-order chi connectivity index (χ0) is 22.9. The molecular formula is C28H33FN4O. The quantitative estimate of drug-likeness (QED) is 0.557. The van der Waals surface area contributed by atoms with Gasteiger partial charge in [0.25, 0.3) is 0 Å². The van der Waals surface area contributed by atoms with Gasteiger partial charge in [0.15, 0.2) is 0 Å². The van der Waals surface area contributed by atoms with Crippen molar-refractivity contribution in [2.24, 2.45) is 5.92 Å². The second-order valence-corrected chi connectivity index (χ2v) is 10.0. The summed E-state index contributed by atoms with van der Waals surface area (Å²) in [6.07, 6.45) is 4.95. The minimum atomic E-state index is -0.148. The third-order valence-corrected chi connectivity index (χ3v) is 7.88. The number of nitrogens with zero attached hydrogens (tertiary/aromatic N) is 3. The summed E-state index contributed by atoms with van der Waals surface area (Å²) in [6.45, 7) is 4.67. The summed E-state index contributed by atoms with van der Waals surface area (Å²) in [5.41, 5.74) is 3.81. The highest BCUT2D eigenvalue weighted by Gasteiger charge is 2.40. The first-order valence-electron chi connectivity index (χ1n) is 12.7. The van der Waals surface area contributed by atoms with Crippen molar-refractivity contribution in [2.75, 3.05) is 43.1 Å². The van der Waals surface area contributed by atoms with Crippen molar-refractivity contribution in [3.63, 3.8) is 0 Å². The fourth-order valence-electron chi connectivity index (χ4n) is 6.13. The van der Waals surface area contributed by atoms with Crippen LogP contribution in [0.3, 0.4) is 0 Å². The van der Waals surface area contributed by atoms with Gasteiger partial charge < -0.3 is 15.0 Å². The van der Waals surface area contributed by atoms with Gasteiger partial charge in [-0.3, -0.25) is 9.88 Å². The smallest absolute Gasteiger partial charge is 0.148 e. The van der Waals surface area contributed by atoms with Crippen molar-refractivity contribution in [1.82, 2.24) is 9.88 Å². The van der Waals surface area contributed by atoms with Crippen LogP contribution >= 0.6 is 0 Å². The summed E-state index contributed by atoms with van der Waals surface area (Å²) < 4.78 is 20.1. The Balaban J connectivity index is 1.05.